The highest BCUT2D eigenvalue weighted by atomic mass is 16.1. The zero-order valence-corrected chi connectivity index (χ0v) is 11.0. The Morgan fingerprint density at radius 2 is 2.00 bits per heavy atom. The van der Waals surface area contributed by atoms with Crippen molar-refractivity contribution in [1.29, 1.82) is 0 Å². The smallest absolute Gasteiger partial charge is 0.251 e. The number of unbranched alkanes of at least 4 members (excludes halogenated alkanes) is 1. The monoisotopic (exact) mass is 264 g/mol. The molecule has 1 aromatic carbocycles. The van der Waals surface area contributed by atoms with E-state index < -0.39 is 0 Å². The zero-order valence-electron chi connectivity index (χ0n) is 11.0. The summed E-state index contributed by atoms with van der Waals surface area (Å²) in [5.41, 5.74) is 12.7. The number of anilines is 2. The molecule has 2 amide bonds. The van der Waals surface area contributed by atoms with Gasteiger partial charge in [0.2, 0.25) is 5.91 Å². The van der Waals surface area contributed by atoms with Gasteiger partial charge in [-0.2, -0.15) is 0 Å². The van der Waals surface area contributed by atoms with Crippen molar-refractivity contribution in [1.82, 2.24) is 5.32 Å². The standard InChI is InChI=1S/C13H20N4O2/c1-16-13(19)9-5-6-11(10(14)8-9)17-7-3-2-4-12(15)18/h5-6,8,17H,2-4,7,14H2,1H3,(H2,15,18)(H,16,19). The van der Waals surface area contributed by atoms with E-state index in [9.17, 15) is 9.59 Å². The van der Waals surface area contributed by atoms with Crippen molar-refractivity contribution in [2.75, 3.05) is 24.6 Å². The molecule has 1 aromatic rings. The fourth-order valence-corrected chi connectivity index (χ4v) is 1.66. The van der Waals surface area contributed by atoms with Gasteiger partial charge in [0.15, 0.2) is 0 Å². The van der Waals surface area contributed by atoms with Crippen LogP contribution in [0.15, 0.2) is 18.2 Å². The molecular weight excluding hydrogens is 244 g/mol. The van der Waals surface area contributed by atoms with Crippen LogP contribution in [-0.4, -0.2) is 25.4 Å². The Labute approximate surface area is 112 Å². The molecule has 0 fully saturated rings. The molecule has 0 bridgehead atoms. The largest absolute Gasteiger partial charge is 0.397 e. The van der Waals surface area contributed by atoms with Gasteiger partial charge in [-0.15, -0.1) is 0 Å². The minimum Gasteiger partial charge on any atom is -0.397 e. The summed E-state index contributed by atoms with van der Waals surface area (Å²) in [5.74, 6) is -0.450. The van der Waals surface area contributed by atoms with E-state index in [0.29, 0.717) is 24.2 Å². The second-order valence-electron chi connectivity index (χ2n) is 4.23. The summed E-state index contributed by atoms with van der Waals surface area (Å²) in [4.78, 5) is 22.0. The van der Waals surface area contributed by atoms with Crippen molar-refractivity contribution in [2.24, 2.45) is 5.73 Å². The van der Waals surface area contributed by atoms with Gasteiger partial charge in [0, 0.05) is 25.6 Å². The van der Waals surface area contributed by atoms with Gasteiger partial charge < -0.3 is 22.1 Å². The normalized spacial score (nSPS) is 9.95. The van der Waals surface area contributed by atoms with E-state index in [1.807, 2.05) is 0 Å². The third-order valence-electron chi connectivity index (χ3n) is 2.71. The first-order valence-electron chi connectivity index (χ1n) is 6.18. The predicted octanol–water partition coefficient (Wildman–Crippen LogP) is 0.696. The highest BCUT2D eigenvalue weighted by Gasteiger charge is 2.06. The van der Waals surface area contributed by atoms with Crippen LogP contribution in [0.4, 0.5) is 11.4 Å². The van der Waals surface area contributed by atoms with Crippen molar-refractivity contribution in [3.8, 4) is 0 Å². The van der Waals surface area contributed by atoms with Gasteiger partial charge in [0.05, 0.1) is 11.4 Å². The number of primary amides is 1. The average molecular weight is 264 g/mol. The lowest BCUT2D eigenvalue weighted by Crippen LogP contribution is -2.18. The molecule has 104 valence electrons. The lowest BCUT2D eigenvalue weighted by Gasteiger charge is -2.10. The number of nitrogen functional groups attached to an aromatic ring is 1. The number of rotatable bonds is 7. The maximum Gasteiger partial charge on any atom is 0.251 e. The third kappa shape index (κ3) is 4.87. The van der Waals surface area contributed by atoms with E-state index in [1.165, 1.54) is 0 Å². The Hall–Kier alpha value is -2.24. The van der Waals surface area contributed by atoms with Crippen LogP contribution in [0.3, 0.4) is 0 Å². The first kappa shape index (κ1) is 14.8. The van der Waals surface area contributed by atoms with E-state index in [1.54, 1.807) is 25.2 Å². The molecule has 0 heterocycles. The summed E-state index contributed by atoms with van der Waals surface area (Å²) in [5, 5.41) is 5.70. The predicted molar refractivity (Wildman–Crippen MR) is 75.8 cm³/mol. The molecule has 0 atom stereocenters. The first-order valence-corrected chi connectivity index (χ1v) is 6.18. The molecule has 0 aliphatic carbocycles. The average Bonchev–Trinajstić information content (AvgIpc) is 2.38. The van der Waals surface area contributed by atoms with Gasteiger partial charge >= 0.3 is 0 Å². The van der Waals surface area contributed by atoms with Crippen LogP contribution >= 0.6 is 0 Å². The third-order valence-corrected chi connectivity index (χ3v) is 2.71. The molecular formula is C13H20N4O2. The fraction of sp³-hybridized carbons (Fsp3) is 0.385. The van der Waals surface area contributed by atoms with Crippen molar-refractivity contribution >= 4 is 23.2 Å². The molecule has 6 N–H and O–H groups in total. The van der Waals surface area contributed by atoms with Crippen molar-refractivity contribution < 1.29 is 9.59 Å². The molecule has 1 rings (SSSR count). The van der Waals surface area contributed by atoms with E-state index in [2.05, 4.69) is 10.6 Å². The van der Waals surface area contributed by atoms with Crippen LogP contribution < -0.4 is 22.1 Å². The van der Waals surface area contributed by atoms with Gasteiger partial charge in [0.1, 0.15) is 0 Å². The van der Waals surface area contributed by atoms with Gasteiger partial charge in [0.25, 0.3) is 5.91 Å². The number of amides is 2. The van der Waals surface area contributed by atoms with Gasteiger partial charge in [-0.05, 0) is 31.0 Å². The number of hydrogen-bond donors (Lipinski definition) is 4. The van der Waals surface area contributed by atoms with Crippen molar-refractivity contribution in [2.45, 2.75) is 19.3 Å². The number of nitrogens with two attached hydrogens (primary N) is 2. The second kappa shape index (κ2) is 7.25. The molecule has 0 aromatic heterocycles. The SMILES string of the molecule is CNC(=O)c1ccc(NCCCCC(N)=O)c(N)c1. The molecule has 6 nitrogen and oxygen atoms in total. The van der Waals surface area contributed by atoms with Crippen LogP contribution in [0.5, 0.6) is 0 Å². The maximum absolute atomic E-state index is 11.4. The summed E-state index contributed by atoms with van der Waals surface area (Å²) in [7, 11) is 1.57. The van der Waals surface area contributed by atoms with Crippen LogP contribution in [0, 0.1) is 0 Å². The molecule has 19 heavy (non-hydrogen) atoms. The number of hydrogen-bond acceptors (Lipinski definition) is 4. The molecule has 0 saturated carbocycles. The topological polar surface area (TPSA) is 110 Å². The summed E-state index contributed by atoms with van der Waals surface area (Å²) in [6.07, 6.45) is 1.98. The van der Waals surface area contributed by atoms with Crippen LogP contribution in [0.2, 0.25) is 0 Å². The minimum atomic E-state index is -0.283. The van der Waals surface area contributed by atoms with Gasteiger partial charge in [-0.25, -0.2) is 0 Å². The van der Waals surface area contributed by atoms with E-state index >= 15 is 0 Å². The fourth-order valence-electron chi connectivity index (χ4n) is 1.66. The Bertz CT molecular complexity index is 460. The quantitative estimate of drug-likeness (QED) is 0.429. The number of carbonyl (C=O) groups is 2. The molecule has 0 unspecified atom stereocenters. The molecule has 0 radical (unpaired) electrons. The number of benzene rings is 1. The number of carbonyl (C=O) groups excluding carboxylic acids is 2. The van der Waals surface area contributed by atoms with E-state index in [-0.39, 0.29) is 11.8 Å². The van der Waals surface area contributed by atoms with Crippen LogP contribution in [0.1, 0.15) is 29.6 Å². The lowest BCUT2D eigenvalue weighted by atomic mass is 10.1. The highest BCUT2D eigenvalue weighted by molar-refractivity contribution is 5.95. The first-order chi connectivity index (χ1) is 9.04. The van der Waals surface area contributed by atoms with Crippen LogP contribution in [0.25, 0.3) is 0 Å². The molecule has 0 aliphatic rings. The summed E-state index contributed by atoms with van der Waals surface area (Å²) in [6, 6.07) is 5.11. The summed E-state index contributed by atoms with van der Waals surface area (Å²) in [6.45, 7) is 0.705. The van der Waals surface area contributed by atoms with Crippen LogP contribution in [-0.2, 0) is 4.79 Å². The van der Waals surface area contributed by atoms with E-state index in [4.69, 9.17) is 11.5 Å². The summed E-state index contributed by atoms with van der Waals surface area (Å²) >= 11 is 0. The zero-order chi connectivity index (χ0) is 14.3. The van der Waals surface area contributed by atoms with Crippen molar-refractivity contribution in [3.63, 3.8) is 0 Å². The summed E-state index contributed by atoms with van der Waals surface area (Å²) < 4.78 is 0. The Kier molecular flexibility index (Phi) is 5.66. The van der Waals surface area contributed by atoms with E-state index in [0.717, 1.165) is 18.5 Å². The van der Waals surface area contributed by atoms with Gasteiger partial charge in [-0.1, -0.05) is 0 Å². The Balaban J connectivity index is 2.46. The molecule has 6 heteroatoms. The number of nitrogens with one attached hydrogen (secondary N) is 2. The molecule has 0 spiro atoms. The van der Waals surface area contributed by atoms with Crippen molar-refractivity contribution in [3.05, 3.63) is 23.8 Å². The Morgan fingerprint density at radius 1 is 1.26 bits per heavy atom. The Morgan fingerprint density at radius 3 is 2.58 bits per heavy atom. The maximum atomic E-state index is 11.4. The highest BCUT2D eigenvalue weighted by Crippen LogP contribution is 2.19. The molecule has 0 aliphatic heterocycles. The lowest BCUT2D eigenvalue weighted by molar-refractivity contribution is -0.118. The minimum absolute atomic E-state index is 0.167. The molecule has 0 saturated heterocycles. The second-order valence-corrected chi connectivity index (χ2v) is 4.23. The van der Waals surface area contributed by atoms with Gasteiger partial charge in [-0.3, -0.25) is 9.59 Å².